The molecule has 3 fully saturated rings. The van der Waals surface area contributed by atoms with Crippen molar-refractivity contribution in [1.29, 1.82) is 0 Å². The second-order valence-corrected chi connectivity index (χ2v) is 11.5. The van der Waals surface area contributed by atoms with Gasteiger partial charge in [0.15, 0.2) is 34.7 Å². The van der Waals surface area contributed by atoms with Crippen molar-refractivity contribution in [2.75, 3.05) is 39.5 Å². The Balaban J connectivity index is 1.52. The first-order chi connectivity index (χ1) is 17.9. The highest BCUT2D eigenvalue weighted by atomic mass is 16.3. The average molecular weight is 527 g/mol. The van der Waals surface area contributed by atoms with Crippen molar-refractivity contribution in [3.05, 3.63) is 23.3 Å². The maximum atomic E-state index is 13.9. The number of Topliss-reactive ketones (excluding diaryl/α,β-unsaturated/α-hetero) is 4. The summed E-state index contributed by atoms with van der Waals surface area (Å²) >= 11 is 0. The van der Waals surface area contributed by atoms with Crippen LogP contribution in [0.3, 0.4) is 0 Å². The summed E-state index contributed by atoms with van der Waals surface area (Å²) in [6.45, 7) is 1.80. The zero-order valence-electron chi connectivity index (χ0n) is 21.8. The van der Waals surface area contributed by atoms with Crippen LogP contribution in [0.25, 0.3) is 0 Å². The number of nitrogens with zero attached hydrogens (tertiary/aromatic N) is 2. The highest BCUT2D eigenvalue weighted by molar-refractivity contribution is 6.32. The molecule has 5 N–H and O–H groups in total. The van der Waals surface area contributed by atoms with Gasteiger partial charge >= 0.3 is 0 Å². The minimum atomic E-state index is -2.71. The molecule has 6 atom stereocenters. The number of ketones is 4. The number of nitrogens with two attached hydrogens (primary N) is 1. The predicted octanol–water partition coefficient (Wildman–Crippen LogP) is -0.627. The molecule has 1 aliphatic heterocycles. The SMILES string of the molecule is CN1CCC(Nc2ccc3c(c2O)C(=O)C2C(=O)C4(O)C(=O)C(C(N)=O)C(=O)C(N(C)C)C4CC2C3)CC1. The van der Waals surface area contributed by atoms with Gasteiger partial charge in [-0.05, 0) is 77.5 Å². The fourth-order valence-electron chi connectivity index (χ4n) is 7.07. The fourth-order valence-corrected chi connectivity index (χ4v) is 7.07. The summed E-state index contributed by atoms with van der Waals surface area (Å²) in [5.41, 5.74) is 3.61. The normalized spacial score (nSPS) is 34.1. The van der Waals surface area contributed by atoms with Crippen LogP contribution >= 0.6 is 0 Å². The van der Waals surface area contributed by atoms with E-state index in [1.165, 1.54) is 4.90 Å². The van der Waals surface area contributed by atoms with E-state index in [0.717, 1.165) is 25.9 Å². The Morgan fingerprint density at radius 1 is 1.13 bits per heavy atom. The quantitative estimate of drug-likeness (QED) is 0.293. The largest absolute Gasteiger partial charge is 0.505 e. The lowest BCUT2D eigenvalue weighted by atomic mass is 9.52. The first-order valence-corrected chi connectivity index (χ1v) is 13.0. The monoisotopic (exact) mass is 526 g/mol. The number of aliphatic hydroxyl groups is 1. The standard InChI is InChI=1S/C27H34N4O7/c1-30(2)20-15-11-13-10-12-4-5-16(29-14-6-8-31(3)9-7-14)21(32)17(12)22(33)18(13)24(35)27(15,38)25(36)19(23(20)34)26(28)37/h4-5,13-15,18-20,29,32,38H,6-11H2,1-3H3,(H2,28,37). The van der Waals surface area contributed by atoms with Crippen LogP contribution < -0.4 is 11.1 Å². The molecule has 2 saturated carbocycles. The van der Waals surface area contributed by atoms with E-state index in [9.17, 15) is 34.2 Å². The Kier molecular flexibility index (Phi) is 6.44. The third-order valence-electron chi connectivity index (χ3n) is 9.01. The minimum Gasteiger partial charge on any atom is -0.505 e. The molecule has 11 nitrogen and oxygen atoms in total. The Morgan fingerprint density at radius 2 is 1.79 bits per heavy atom. The van der Waals surface area contributed by atoms with Gasteiger partial charge in [-0.1, -0.05) is 6.07 Å². The maximum Gasteiger partial charge on any atom is 0.235 e. The molecule has 1 aromatic carbocycles. The number of phenolic OH excluding ortho intramolecular Hbond substituents is 1. The van der Waals surface area contributed by atoms with Crippen molar-refractivity contribution in [3.63, 3.8) is 0 Å². The highest BCUT2D eigenvalue weighted by Gasteiger charge is 2.69. The van der Waals surface area contributed by atoms with Crippen LogP contribution in [0.5, 0.6) is 5.75 Å². The van der Waals surface area contributed by atoms with Crippen molar-refractivity contribution >= 4 is 34.7 Å². The van der Waals surface area contributed by atoms with Gasteiger partial charge in [0.25, 0.3) is 0 Å². The molecule has 0 bridgehead atoms. The molecule has 0 spiro atoms. The molecular weight excluding hydrogens is 492 g/mol. The number of primary amides is 1. The molecule has 3 aliphatic carbocycles. The van der Waals surface area contributed by atoms with Crippen LogP contribution in [0, 0.1) is 23.7 Å². The first kappa shape index (κ1) is 26.5. The number of nitrogens with one attached hydrogen (secondary N) is 1. The average Bonchev–Trinajstić information content (AvgIpc) is 2.84. The third kappa shape index (κ3) is 3.78. The molecule has 4 aliphatic rings. The van der Waals surface area contributed by atoms with E-state index in [2.05, 4.69) is 10.2 Å². The number of benzene rings is 1. The Labute approximate surface area is 220 Å². The van der Waals surface area contributed by atoms with Gasteiger partial charge in [-0.2, -0.15) is 0 Å². The van der Waals surface area contributed by atoms with Crippen molar-refractivity contribution in [2.24, 2.45) is 29.4 Å². The molecular formula is C27H34N4O7. The first-order valence-electron chi connectivity index (χ1n) is 13.0. The number of rotatable bonds is 4. The van der Waals surface area contributed by atoms with E-state index in [-0.39, 0.29) is 30.2 Å². The number of carbonyl (C=O) groups is 5. The van der Waals surface area contributed by atoms with Crippen LogP contribution in [0.4, 0.5) is 5.69 Å². The molecule has 38 heavy (non-hydrogen) atoms. The number of amides is 1. The Morgan fingerprint density at radius 3 is 2.39 bits per heavy atom. The van der Waals surface area contributed by atoms with Crippen molar-refractivity contribution in [1.82, 2.24) is 9.80 Å². The van der Waals surface area contributed by atoms with Gasteiger partial charge in [-0.25, -0.2) is 0 Å². The summed E-state index contributed by atoms with van der Waals surface area (Å²) in [4.78, 5) is 69.8. The van der Waals surface area contributed by atoms with Crippen LogP contribution in [-0.2, 0) is 25.6 Å². The minimum absolute atomic E-state index is 0.00882. The lowest BCUT2D eigenvalue weighted by molar-refractivity contribution is -0.181. The molecule has 5 rings (SSSR count). The smallest absolute Gasteiger partial charge is 0.235 e. The van der Waals surface area contributed by atoms with E-state index >= 15 is 0 Å². The molecule has 1 saturated heterocycles. The van der Waals surface area contributed by atoms with E-state index in [1.807, 2.05) is 7.05 Å². The van der Waals surface area contributed by atoms with Gasteiger partial charge in [0.2, 0.25) is 5.91 Å². The lowest BCUT2D eigenvalue weighted by Gasteiger charge is -2.52. The lowest BCUT2D eigenvalue weighted by Crippen LogP contribution is -2.74. The van der Waals surface area contributed by atoms with Crippen LogP contribution in [-0.4, -0.2) is 101 Å². The summed E-state index contributed by atoms with van der Waals surface area (Å²) in [5.74, 6) is -10.3. The summed E-state index contributed by atoms with van der Waals surface area (Å²) < 4.78 is 0. The van der Waals surface area contributed by atoms with Crippen molar-refractivity contribution in [2.45, 2.75) is 43.4 Å². The van der Waals surface area contributed by atoms with Crippen LogP contribution in [0.15, 0.2) is 12.1 Å². The summed E-state index contributed by atoms with van der Waals surface area (Å²) in [7, 11) is 5.16. The van der Waals surface area contributed by atoms with Crippen molar-refractivity contribution in [3.8, 4) is 5.75 Å². The number of aromatic hydroxyl groups is 1. The van der Waals surface area contributed by atoms with Crippen LogP contribution in [0.1, 0.15) is 35.2 Å². The Bertz CT molecular complexity index is 1240. The van der Waals surface area contributed by atoms with Gasteiger partial charge in [0.05, 0.1) is 23.2 Å². The molecule has 1 heterocycles. The number of hydrogen-bond acceptors (Lipinski definition) is 10. The number of likely N-dealkylation sites (N-methyl/N-ethyl adjacent to an activating group) is 1. The van der Waals surface area contributed by atoms with Gasteiger partial charge < -0.3 is 26.2 Å². The molecule has 1 amide bonds. The zero-order chi connectivity index (χ0) is 27.7. The maximum absolute atomic E-state index is 13.9. The van der Waals surface area contributed by atoms with E-state index in [1.54, 1.807) is 26.2 Å². The Hall–Kier alpha value is -3.15. The molecule has 204 valence electrons. The van der Waals surface area contributed by atoms with E-state index in [0.29, 0.717) is 11.3 Å². The summed E-state index contributed by atoms with van der Waals surface area (Å²) in [6, 6.07) is 2.50. The van der Waals surface area contributed by atoms with Gasteiger partial charge in [-0.3, -0.25) is 28.9 Å². The highest BCUT2D eigenvalue weighted by Crippen LogP contribution is 2.51. The molecule has 11 heteroatoms. The molecule has 1 aromatic rings. The van der Waals surface area contributed by atoms with Gasteiger partial charge in [0, 0.05) is 12.0 Å². The molecule has 6 unspecified atom stereocenters. The number of likely N-dealkylation sites (tertiary alicyclic amines) is 1. The van der Waals surface area contributed by atoms with E-state index in [4.69, 9.17) is 5.73 Å². The van der Waals surface area contributed by atoms with E-state index < -0.39 is 64.4 Å². The van der Waals surface area contributed by atoms with Gasteiger partial charge in [0.1, 0.15) is 5.75 Å². The summed E-state index contributed by atoms with van der Waals surface area (Å²) in [6.07, 6.45) is 2.04. The van der Waals surface area contributed by atoms with Gasteiger partial charge in [-0.15, -0.1) is 0 Å². The number of fused-ring (bicyclic) bond motifs is 3. The third-order valence-corrected chi connectivity index (χ3v) is 9.01. The number of phenols is 1. The number of carbonyl (C=O) groups excluding carboxylic acids is 5. The number of piperidine rings is 1. The zero-order valence-corrected chi connectivity index (χ0v) is 21.8. The molecule has 0 radical (unpaired) electrons. The van der Waals surface area contributed by atoms with Crippen molar-refractivity contribution < 1.29 is 34.2 Å². The predicted molar refractivity (Wildman–Crippen MR) is 136 cm³/mol. The molecule has 0 aromatic heterocycles. The number of anilines is 1. The van der Waals surface area contributed by atoms with Crippen LogP contribution in [0.2, 0.25) is 0 Å². The fraction of sp³-hybridized carbons (Fsp3) is 0.593. The summed E-state index contributed by atoms with van der Waals surface area (Å²) in [5, 5.41) is 26.1. The second kappa shape index (κ2) is 9.25. The topological polar surface area (TPSA) is 170 Å². The number of hydrogen-bond donors (Lipinski definition) is 4. The second-order valence-electron chi connectivity index (χ2n) is 11.5.